The zero-order valence-electron chi connectivity index (χ0n) is 11.3. The number of rotatable bonds is 4. The molecule has 1 fully saturated rings. The Morgan fingerprint density at radius 1 is 1.15 bits per heavy atom. The third-order valence-corrected chi connectivity index (χ3v) is 3.82. The highest BCUT2D eigenvalue weighted by Crippen LogP contribution is 2.26. The Kier molecular flexibility index (Phi) is 4.71. The van der Waals surface area contributed by atoms with Crippen molar-refractivity contribution in [2.45, 2.75) is 38.1 Å². The Balaban J connectivity index is 2.05. The number of halogens is 1. The summed E-state index contributed by atoms with van der Waals surface area (Å²) >= 11 is 0. The van der Waals surface area contributed by atoms with Crippen LogP contribution in [-0.2, 0) is 4.79 Å². The second kappa shape index (κ2) is 6.50. The van der Waals surface area contributed by atoms with Gasteiger partial charge in [-0.3, -0.25) is 9.59 Å². The minimum absolute atomic E-state index is 0.102. The number of hydrogen-bond acceptors (Lipinski definition) is 2. The van der Waals surface area contributed by atoms with Crippen molar-refractivity contribution in [2.75, 3.05) is 0 Å². The first-order chi connectivity index (χ1) is 9.58. The predicted octanol–water partition coefficient (Wildman–Crippen LogP) is 1.99. The van der Waals surface area contributed by atoms with E-state index in [0.29, 0.717) is 5.56 Å². The lowest BCUT2D eigenvalue weighted by molar-refractivity contribution is -0.121. The Labute approximate surface area is 117 Å². The molecule has 0 aliphatic heterocycles. The van der Waals surface area contributed by atoms with Gasteiger partial charge in [-0.05, 0) is 43.0 Å². The summed E-state index contributed by atoms with van der Waals surface area (Å²) in [7, 11) is 0. The second-order valence-electron chi connectivity index (χ2n) is 5.26. The molecule has 5 heteroatoms. The lowest BCUT2D eigenvalue weighted by Crippen LogP contribution is -2.49. The van der Waals surface area contributed by atoms with Gasteiger partial charge in [-0.15, -0.1) is 0 Å². The molecular weight excluding hydrogens is 259 g/mol. The molecule has 1 atom stereocenters. The number of primary amides is 1. The fourth-order valence-electron chi connectivity index (χ4n) is 2.71. The van der Waals surface area contributed by atoms with E-state index in [1.54, 1.807) is 0 Å². The van der Waals surface area contributed by atoms with E-state index in [1.807, 2.05) is 0 Å². The molecule has 0 radical (unpaired) electrons. The van der Waals surface area contributed by atoms with Crippen LogP contribution in [-0.4, -0.2) is 17.9 Å². The largest absolute Gasteiger partial charge is 0.368 e. The van der Waals surface area contributed by atoms with Gasteiger partial charge in [-0.1, -0.05) is 19.3 Å². The summed E-state index contributed by atoms with van der Waals surface area (Å²) in [5.74, 6) is -1.20. The van der Waals surface area contributed by atoms with Gasteiger partial charge in [0.1, 0.15) is 11.9 Å². The Hall–Kier alpha value is -1.91. The molecular formula is C15H19FN2O2. The number of amides is 2. The lowest BCUT2D eigenvalue weighted by atomic mass is 9.83. The van der Waals surface area contributed by atoms with Crippen molar-refractivity contribution < 1.29 is 14.0 Å². The van der Waals surface area contributed by atoms with Gasteiger partial charge in [0.05, 0.1) is 0 Å². The molecule has 0 heterocycles. The maximum atomic E-state index is 12.8. The van der Waals surface area contributed by atoms with E-state index < -0.39 is 17.8 Å². The normalized spacial score (nSPS) is 17.4. The minimum atomic E-state index is -0.646. The highest BCUT2D eigenvalue weighted by Gasteiger charge is 2.29. The van der Waals surface area contributed by atoms with Crippen LogP contribution in [0.25, 0.3) is 0 Å². The van der Waals surface area contributed by atoms with Crippen LogP contribution < -0.4 is 11.1 Å². The van der Waals surface area contributed by atoms with Crippen molar-refractivity contribution in [2.24, 2.45) is 11.7 Å². The van der Waals surface area contributed by atoms with Gasteiger partial charge in [0.2, 0.25) is 5.91 Å². The average Bonchev–Trinajstić information content (AvgIpc) is 2.46. The summed E-state index contributed by atoms with van der Waals surface area (Å²) in [4.78, 5) is 23.6. The first-order valence-electron chi connectivity index (χ1n) is 6.93. The van der Waals surface area contributed by atoms with E-state index in [9.17, 15) is 14.0 Å². The van der Waals surface area contributed by atoms with Crippen LogP contribution in [0.4, 0.5) is 4.39 Å². The zero-order chi connectivity index (χ0) is 14.5. The van der Waals surface area contributed by atoms with Gasteiger partial charge in [0.15, 0.2) is 0 Å². The number of benzene rings is 1. The van der Waals surface area contributed by atoms with Crippen LogP contribution in [0, 0.1) is 11.7 Å². The van der Waals surface area contributed by atoms with Gasteiger partial charge < -0.3 is 11.1 Å². The van der Waals surface area contributed by atoms with E-state index in [4.69, 9.17) is 5.73 Å². The molecule has 0 bridgehead atoms. The summed E-state index contributed by atoms with van der Waals surface area (Å²) in [6.07, 6.45) is 5.07. The van der Waals surface area contributed by atoms with Gasteiger partial charge in [0, 0.05) is 5.56 Å². The maximum absolute atomic E-state index is 12.8. The van der Waals surface area contributed by atoms with E-state index >= 15 is 0 Å². The summed E-state index contributed by atoms with van der Waals surface area (Å²) in [6.45, 7) is 0. The topological polar surface area (TPSA) is 72.2 Å². The molecule has 2 rings (SSSR count). The van der Waals surface area contributed by atoms with E-state index in [1.165, 1.54) is 24.3 Å². The highest BCUT2D eigenvalue weighted by molar-refractivity contribution is 5.97. The van der Waals surface area contributed by atoms with Gasteiger partial charge >= 0.3 is 0 Å². The molecule has 3 N–H and O–H groups in total. The summed E-state index contributed by atoms with van der Waals surface area (Å²) in [5, 5.41) is 2.69. The standard InChI is InChI=1S/C15H19FN2O2/c16-12-8-6-11(7-9-12)15(20)18-13(14(17)19)10-4-2-1-3-5-10/h6-10,13H,1-5H2,(H2,17,19)(H,18,20)/t13-/m1/s1. The fourth-order valence-corrected chi connectivity index (χ4v) is 2.71. The predicted molar refractivity (Wildman–Crippen MR) is 73.4 cm³/mol. The first-order valence-corrected chi connectivity index (χ1v) is 6.93. The molecule has 0 saturated heterocycles. The van der Waals surface area contributed by atoms with E-state index in [2.05, 4.69) is 5.32 Å². The molecule has 2 amide bonds. The molecule has 1 saturated carbocycles. The molecule has 0 aromatic heterocycles. The van der Waals surface area contributed by atoms with Crippen LogP contribution in [0.3, 0.4) is 0 Å². The van der Waals surface area contributed by atoms with Crippen molar-refractivity contribution in [3.8, 4) is 0 Å². The Morgan fingerprint density at radius 2 is 1.75 bits per heavy atom. The molecule has 1 aromatic rings. The van der Waals surface area contributed by atoms with Crippen LogP contribution >= 0.6 is 0 Å². The summed E-state index contributed by atoms with van der Waals surface area (Å²) in [6, 6.07) is 4.57. The van der Waals surface area contributed by atoms with Gasteiger partial charge in [0.25, 0.3) is 5.91 Å². The quantitative estimate of drug-likeness (QED) is 0.884. The second-order valence-corrected chi connectivity index (χ2v) is 5.26. The SMILES string of the molecule is NC(=O)[C@H](NC(=O)c1ccc(F)cc1)C1CCCCC1. The van der Waals surface area contributed by atoms with Crippen molar-refractivity contribution in [1.29, 1.82) is 0 Å². The molecule has 0 unspecified atom stereocenters. The molecule has 4 nitrogen and oxygen atoms in total. The smallest absolute Gasteiger partial charge is 0.251 e. The van der Waals surface area contributed by atoms with E-state index in [0.717, 1.165) is 32.1 Å². The number of nitrogens with one attached hydrogen (secondary N) is 1. The van der Waals surface area contributed by atoms with Crippen molar-refractivity contribution >= 4 is 11.8 Å². The Bertz CT molecular complexity index is 481. The van der Waals surface area contributed by atoms with Gasteiger partial charge in [-0.25, -0.2) is 4.39 Å². The minimum Gasteiger partial charge on any atom is -0.368 e. The zero-order valence-corrected chi connectivity index (χ0v) is 11.3. The molecule has 108 valence electrons. The fraction of sp³-hybridized carbons (Fsp3) is 0.467. The molecule has 1 aromatic carbocycles. The van der Waals surface area contributed by atoms with E-state index in [-0.39, 0.29) is 11.8 Å². The molecule has 1 aliphatic rings. The lowest BCUT2D eigenvalue weighted by Gasteiger charge is -2.28. The van der Waals surface area contributed by atoms with Crippen molar-refractivity contribution in [3.63, 3.8) is 0 Å². The highest BCUT2D eigenvalue weighted by atomic mass is 19.1. The maximum Gasteiger partial charge on any atom is 0.251 e. The number of carbonyl (C=O) groups excluding carboxylic acids is 2. The number of hydrogen-bond donors (Lipinski definition) is 2. The number of carbonyl (C=O) groups is 2. The Morgan fingerprint density at radius 3 is 2.30 bits per heavy atom. The molecule has 20 heavy (non-hydrogen) atoms. The van der Waals surface area contributed by atoms with Crippen molar-refractivity contribution in [1.82, 2.24) is 5.32 Å². The summed E-state index contributed by atoms with van der Waals surface area (Å²) in [5.41, 5.74) is 5.73. The average molecular weight is 278 g/mol. The van der Waals surface area contributed by atoms with Crippen LogP contribution in [0.5, 0.6) is 0 Å². The van der Waals surface area contributed by atoms with Crippen LogP contribution in [0.15, 0.2) is 24.3 Å². The summed E-state index contributed by atoms with van der Waals surface area (Å²) < 4.78 is 12.8. The van der Waals surface area contributed by atoms with Crippen molar-refractivity contribution in [3.05, 3.63) is 35.6 Å². The third kappa shape index (κ3) is 3.56. The van der Waals surface area contributed by atoms with Crippen LogP contribution in [0.2, 0.25) is 0 Å². The molecule has 0 spiro atoms. The first kappa shape index (κ1) is 14.5. The third-order valence-electron chi connectivity index (χ3n) is 3.82. The number of nitrogens with two attached hydrogens (primary N) is 1. The van der Waals surface area contributed by atoms with Gasteiger partial charge in [-0.2, -0.15) is 0 Å². The molecule has 1 aliphatic carbocycles. The monoisotopic (exact) mass is 278 g/mol. The van der Waals surface area contributed by atoms with Crippen LogP contribution in [0.1, 0.15) is 42.5 Å².